The number of unbranched alkanes of at least 4 members (excludes halogenated alkanes) is 1. The maximum absolute atomic E-state index is 3.55. The van der Waals surface area contributed by atoms with Gasteiger partial charge in [-0.25, -0.2) is 0 Å². The first kappa shape index (κ1) is 13.5. The largest absolute Gasteiger partial charge is 0.103 e. The summed E-state index contributed by atoms with van der Waals surface area (Å²) in [6.45, 7) is 11.1. The van der Waals surface area contributed by atoms with Crippen molar-refractivity contribution in [2.45, 2.75) is 26.7 Å². The fourth-order valence-electron chi connectivity index (χ4n) is 0.458. The highest BCUT2D eigenvalue weighted by Crippen LogP contribution is 1.86. The highest BCUT2D eigenvalue weighted by molar-refractivity contribution is 4.98. The molecule has 0 aliphatic carbocycles. The Morgan fingerprint density at radius 1 is 0.833 bits per heavy atom. The van der Waals surface area contributed by atoms with E-state index in [-0.39, 0.29) is 0 Å². The molecular formula is C12H20. The van der Waals surface area contributed by atoms with Gasteiger partial charge in [-0.15, -0.1) is 13.2 Å². The van der Waals surface area contributed by atoms with E-state index >= 15 is 0 Å². The second-order valence-electron chi connectivity index (χ2n) is 2.21. The van der Waals surface area contributed by atoms with E-state index < -0.39 is 0 Å². The van der Waals surface area contributed by atoms with Crippen LogP contribution >= 0.6 is 0 Å². The van der Waals surface area contributed by atoms with E-state index in [1.165, 1.54) is 0 Å². The van der Waals surface area contributed by atoms with Crippen LogP contribution in [0, 0.1) is 0 Å². The van der Waals surface area contributed by atoms with Crippen molar-refractivity contribution in [3.05, 3.63) is 49.6 Å². The van der Waals surface area contributed by atoms with Crippen LogP contribution < -0.4 is 0 Å². The summed E-state index contributed by atoms with van der Waals surface area (Å²) in [7, 11) is 0. The van der Waals surface area contributed by atoms with Gasteiger partial charge in [0.2, 0.25) is 0 Å². The summed E-state index contributed by atoms with van der Waals surface area (Å²) in [5.41, 5.74) is 0. The number of rotatable bonds is 4. The lowest BCUT2D eigenvalue weighted by molar-refractivity contribution is 1.06. The van der Waals surface area contributed by atoms with Crippen molar-refractivity contribution < 1.29 is 0 Å². The molecule has 0 saturated heterocycles. The van der Waals surface area contributed by atoms with Gasteiger partial charge >= 0.3 is 0 Å². The minimum Gasteiger partial charge on any atom is -0.103 e. The third kappa shape index (κ3) is 23.1. The minimum absolute atomic E-state index is 1.06. The quantitative estimate of drug-likeness (QED) is 0.330. The Morgan fingerprint density at radius 2 is 1.17 bits per heavy atom. The highest BCUT2D eigenvalue weighted by Gasteiger charge is 1.66. The Labute approximate surface area is 77.0 Å². The molecule has 0 aliphatic rings. The number of hydrogen-bond acceptors (Lipinski definition) is 0. The molecule has 0 heteroatoms. The van der Waals surface area contributed by atoms with Gasteiger partial charge in [0.25, 0.3) is 0 Å². The Balaban J connectivity index is 0. The monoisotopic (exact) mass is 164 g/mol. The van der Waals surface area contributed by atoms with Crippen LogP contribution in [0.3, 0.4) is 0 Å². The Bertz CT molecular complexity index is 120. The van der Waals surface area contributed by atoms with E-state index in [0.717, 1.165) is 12.8 Å². The van der Waals surface area contributed by atoms with Gasteiger partial charge in [-0.1, -0.05) is 36.5 Å². The lowest BCUT2D eigenvalue weighted by Gasteiger charge is -1.76. The van der Waals surface area contributed by atoms with Crippen LogP contribution in [0.25, 0.3) is 0 Å². The molecule has 0 amide bonds. The fraction of sp³-hybridized carbons (Fsp3) is 0.333. The fourth-order valence-corrected chi connectivity index (χ4v) is 0.458. The molecule has 0 atom stereocenters. The van der Waals surface area contributed by atoms with Crippen molar-refractivity contribution in [2.75, 3.05) is 0 Å². The van der Waals surface area contributed by atoms with Crippen molar-refractivity contribution in [1.82, 2.24) is 0 Å². The van der Waals surface area contributed by atoms with Gasteiger partial charge in [0.1, 0.15) is 0 Å². The molecule has 0 bridgehead atoms. The molecule has 0 unspecified atom stereocenters. The van der Waals surface area contributed by atoms with Crippen molar-refractivity contribution in [3.8, 4) is 0 Å². The zero-order chi connectivity index (χ0) is 9.66. The van der Waals surface area contributed by atoms with Crippen molar-refractivity contribution in [1.29, 1.82) is 0 Å². The molecule has 0 radical (unpaired) electrons. The summed E-state index contributed by atoms with van der Waals surface area (Å²) in [6.07, 6.45) is 13.9. The molecule has 0 aromatic heterocycles. The number of allylic oxidation sites excluding steroid dienone is 6. The van der Waals surface area contributed by atoms with Crippen LogP contribution in [-0.4, -0.2) is 0 Å². The van der Waals surface area contributed by atoms with Crippen LogP contribution in [0.2, 0.25) is 0 Å². The van der Waals surface area contributed by atoms with Crippen LogP contribution in [0.4, 0.5) is 0 Å². The maximum atomic E-state index is 3.55. The molecule has 68 valence electrons. The molecule has 0 aromatic rings. The first-order valence-electron chi connectivity index (χ1n) is 4.29. The molecule has 0 aromatic carbocycles. The topological polar surface area (TPSA) is 0 Å². The summed E-state index contributed by atoms with van der Waals surface area (Å²) in [5, 5.41) is 0. The molecule has 0 aliphatic heterocycles. The van der Waals surface area contributed by atoms with E-state index in [1.54, 1.807) is 0 Å². The predicted molar refractivity (Wildman–Crippen MR) is 59.3 cm³/mol. The van der Waals surface area contributed by atoms with E-state index in [4.69, 9.17) is 0 Å². The molecule has 12 heavy (non-hydrogen) atoms. The number of hydrogen-bond donors (Lipinski definition) is 0. The van der Waals surface area contributed by atoms with Crippen LogP contribution in [-0.2, 0) is 0 Å². The van der Waals surface area contributed by atoms with Crippen molar-refractivity contribution >= 4 is 0 Å². The average molecular weight is 164 g/mol. The first-order chi connectivity index (χ1) is 5.83. The third-order valence-corrected chi connectivity index (χ3v) is 1.07. The van der Waals surface area contributed by atoms with Crippen LogP contribution in [0.1, 0.15) is 26.7 Å². The first-order valence-corrected chi connectivity index (χ1v) is 4.29. The summed E-state index contributed by atoms with van der Waals surface area (Å²) >= 11 is 0. The smallest absolute Gasteiger partial charge is 0.0319 e. The van der Waals surface area contributed by atoms with E-state index in [9.17, 15) is 0 Å². The molecular weight excluding hydrogens is 144 g/mol. The minimum atomic E-state index is 1.06. The van der Waals surface area contributed by atoms with Crippen molar-refractivity contribution in [3.63, 3.8) is 0 Å². The summed E-state index contributed by atoms with van der Waals surface area (Å²) < 4.78 is 0. The SMILES string of the molecule is C=CCCC=C.CC=CC=CC. The lowest BCUT2D eigenvalue weighted by atomic mass is 10.3. The zero-order valence-electron chi connectivity index (χ0n) is 8.29. The van der Waals surface area contributed by atoms with Crippen LogP contribution in [0.15, 0.2) is 49.6 Å². The third-order valence-electron chi connectivity index (χ3n) is 1.07. The van der Waals surface area contributed by atoms with E-state index in [0.29, 0.717) is 0 Å². The molecule has 0 N–H and O–H groups in total. The zero-order valence-corrected chi connectivity index (χ0v) is 8.29. The van der Waals surface area contributed by atoms with Gasteiger partial charge in [0.05, 0.1) is 0 Å². The summed E-state index contributed by atoms with van der Waals surface area (Å²) in [4.78, 5) is 0. The second kappa shape index (κ2) is 16.5. The normalized spacial score (nSPS) is 9.50. The maximum Gasteiger partial charge on any atom is -0.0319 e. The summed E-state index contributed by atoms with van der Waals surface area (Å²) in [5.74, 6) is 0. The Morgan fingerprint density at radius 3 is 1.33 bits per heavy atom. The average Bonchev–Trinajstić information content (AvgIpc) is 2.12. The van der Waals surface area contributed by atoms with Gasteiger partial charge in [-0.2, -0.15) is 0 Å². The van der Waals surface area contributed by atoms with Gasteiger partial charge in [0, 0.05) is 0 Å². The molecule has 0 nitrogen and oxygen atoms in total. The summed E-state index contributed by atoms with van der Waals surface area (Å²) in [6, 6.07) is 0. The van der Waals surface area contributed by atoms with Gasteiger partial charge < -0.3 is 0 Å². The highest BCUT2D eigenvalue weighted by atomic mass is 13.7. The molecule has 0 rings (SSSR count). The van der Waals surface area contributed by atoms with Gasteiger partial charge in [-0.3, -0.25) is 0 Å². The van der Waals surface area contributed by atoms with Gasteiger partial charge in [0.15, 0.2) is 0 Å². The molecule has 0 spiro atoms. The second-order valence-corrected chi connectivity index (χ2v) is 2.21. The lowest BCUT2D eigenvalue weighted by Crippen LogP contribution is -1.56. The van der Waals surface area contributed by atoms with Gasteiger partial charge in [-0.05, 0) is 26.7 Å². The van der Waals surface area contributed by atoms with Crippen LogP contribution in [0.5, 0.6) is 0 Å². The standard InChI is InChI=1S/2C6H10/c2*1-3-5-6-4-2/h3-6H,1-2H3;3-4H,1-2,5-6H2. The Hall–Kier alpha value is -1.04. The van der Waals surface area contributed by atoms with E-state index in [2.05, 4.69) is 13.2 Å². The Kier molecular flexibility index (Phi) is 18.6. The molecule has 0 heterocycles. The molecule has 0 saturated carbocycles. The van der Waals surface area contributed by atoms with E-state index in [1.807, 2.05) is 50.3 Å². The predicted octanol–water partition coefficient (Wildman–Crippen LogP) is 4.28. The van der Waals surface area contributed by atoms with Crippen molar-refractivity contribution in [2.24, 2.45) is 0 Å². The molecule has 0 fully saturated rings.